The van der Waals surface area contributed by atoms with Crippen LogP contribution in [0.5, 0.6) is 0 Å². The van der Waals surface area contributed by atoms with Crippen LogP contribution < -0.4 is 5.32 Å². The standard InChI is InChI=1S/C30H38N4O5S/c1-38-28(36)25-14-23-16-34(25)27(35)26(20-9-5-6-10-20)32-29-31-22(18-40-29)13-4-2-3-8-19-11-7-12-21-15-33(17-24(19)21)30(37)39-23/h7,11-12,18,20,23,25-26H,2-6,8-10,13-17H2,1H3,(H,31,32)/t23-,25+,26+/m1/s1. The van der Waals surface area contributed by atoms with E-state index in [1.807, 2.05) is 0 Å². The molecule has 1 aromatic heterocycles. The number of nitrogens with one attached hydrogen (secondary N) is 1. The lowest BCUT2D eigenvalue weighted by Gasteiger charge is -2.30. The highest BCUT2D eigenvalue weighted by molar-refractivity contribution is 7.13. The van der Waals surface area contributed by atoms with Gasteiger partial charge in [0, 0.05) is 24.9 Å². The number of thiazole rings is 1. The summed E-state index contributed by atoms with van der Waals surface area (Å²) >= 11 is 1.54. The van der Waals surface area contributed by atoms with Crippen molar-refractivity contribution < 1.29 is 23.9 Å². The van der Waals surface area contributed by atoms with E-state index in [1.165, 1.54) is 29.6 Å². The molecule has 1 saturated carbocycles. The van der Waals surface area contributed by atoms with Gasteiger partial charge in [-0.3, -0.25) is 9.69 Å². The maximum absolute atomic E-state index is 14.1. The number of rotatable bonds is 2. The minimum atomic E-state index is -0.788. The third-order valence-electron chi connectivity index (χ3n) is 8.97. The molecule has 0 spiro atoms. The molecule has 10 heteroatoms. The molecule has 1 N–H and O–H groups in total. The summed E-state index contributed by atoms with van der Waals surface area (Å²) in [7, 11) is 1.33. The normalized spacial score (nSPS) is 26.0. The van der Waals surface area contributed by atoms with Gasteiger partial charge >= 0.3 is 12.1 Å². The number of carbonyl (C=O) groups is 3. The van der Waals surface area contributed by atoms with Crippen LogP contribution in [0, 0.1) is 5.92 Å². The van der Waals surface area contributed by atoms with Crippen LogP contribution >= 0.6 is 11.3 Å². The van der Waals surface area contributed by atoms with Gasteiger partial charge in [-0.2, -0.15) is 0 Å². The molecule has 1 aromatic carbocycles. The highest BCUT2D eigenvalue weighted by Crippen LogP contribution is 2.34. The Labute approximate surface area is 239 Å². The van der Waals surface area contributed by atoms with Crippen molar-refractivity contribution in [2.24, 2.45) is 5.92 Å². The fourth-order valence-corrected chi connectivity index (χ4v) is 7.61. The molecule has 1 saturated heterocycles. The molecular weight excluding hydrogens is 528 g/mol. The Hall–Kier alpha value is -3.14. The number of methoxy groups -OCH3 is 1. The third kappa shape index (κ3) is 5.55. The van der Waals surface area contributed by atoms with Gasteiger partial charge < -0.3 is 19.7 Å². The maximum atomic E-state index is 14.1. The van der Waals surface area contributed by atoms with Crippen LogP contribution in [-0.4, -0.2) is 64.6 Å². The maximum Gasteiger partial charge on any atom is 0.410 e. The summed E-state index contributed by atoms with van der Waals surface area (Å²) in [6.07, 6.45) is 8.45. The van der Waals surface area contributed by atoms with Crippen molar-refractivity contribution in [3.05, 3.63) is 46.0 Å². The molecule has 9 nitrogen and oxygen atoms in total. The van der Waals surface area contributed by atoms with Crippen molar-refractivity contribution >= 4 is 34.4 Å². The van der Waals surface area contributed by atoms with Gasteiger partial charge in [0.25, 0.3) is 0 Å². The summed E-state index contributed by atoms with van der Waals surface area (Å²) in [6.45, 7) is 1.21. The van der Waals surface area contributed by atoms with Crippen LogP contribution in [0.25, 0.3) is 0 Å². The van der Waals surface area contributed by atoms with Crippen LogP contribution in [0.2, 0.25) is 0 Å². The number of hydrogen-bond acceptors (Lipinski definition) is 8. The van der Waals surface area contributed by atoms with E-state index in [1.54, 1.807) is 9.80 Å². The predicted octanol–water partition coefficient (Wildman–Crippen LogP) is 4.68. The lowest BCUT2D eigenvalue weighted by molar-refractivity contribution is -0.151. The number of hydrogen-bond donors (Lipinski definition) is 1. The number of aromatic nitrogens is 1. The van der Waals surface area contributed by atoms with Crippen LogP contribution in [0.15, 0.2) is 23.6 Å². The second-order valence-electron chi connectivity index (χ2n) is 11.6. The summed E-state index contributed by atoms with van der Waals surface area (Å²) in [5.41, 5.74) is 4.73. The van der Waals surface area contributed by atoms with E-state index < -0.39 is 30.3 Å². The quantitative estimate of drug-likeness (QED) is 0.527. The number of amides is 2. The second kappa shape index (κ2) is 11.8. The van der Waals surface area contributed by atoms with E-state index in [4.69, 9.17) is 14.5 Å². The Morgan fingerprint density at radius 1 is 1.07 bits per heavy atom. The minimum absolute atomic E-state index is 0.148. The number of carbonyl (C=O) groups excluding carboxylic acids is 3. The van der Waals surface area contributed by atoms with Crippen molar-refractivity contribution in [3.8, 4) is 0 Å². The fraction of sp³-hybridized carbons (Fsp3) is 0.600. The summed E-state index contributed by atoms with van der Waals surface area (Å²) in [5, 5.41) is 6.29. The van der Waals surface area contributed by atoms with E-state index in [2.05, 4.69) is 28.9 Å². The van der Waals surface area contributed by atoms with E-state index in [-0.39, 0.29) is 24.8 Å². The molecule has 2 amide bonds. The number of ether oxygens (including phenoxy) is 2. The Balaban J connectivity index is 1.28. The molecule has 1 aliphatic carbocycles. The lowest BCUT2D eigenvalue weighted by atomic mass is 9.96. The van der Waals surface area contributed by atoms with Crippen molar-refractivity contribution in [2.75, 3.05) is 19.0 Å². The van der Waals surface area contributed by atoms with Gasteiger partial charge in [0.2, 0.25) is 5.91 Å². The summed E-state index contributed by atoms with van der Waals surface area (Å²) in [5.74, 6) is -0.467. The second-order valence-corrected chi connectivity index (χ2v) is 12.4. The molecule has 3 aliphatic heterocycles. The lowest BCUT2D eigenvalue weighted by Crippen LogP contribution is -2.50. The molecule has 2 aromatic rings. The van der Waals surface area contributed by atoms with Crippen LogP contribution in [0.3, 0.4) is 0 Å². The van der Waals surface area contributed by atoms with Gasteiger partial charge in [0.05, 0.1) is 19.3 Å². The molecule has 3 atom stereocenters. The van der Waals surface area contributed by atoms with Gasteiger partial charge in [0.1, 0.15) is 18.2 Å². The van der Waals surface area contributed by atoms with Gasteiger partial charge in [-0.15, -0.1) is 11.3 Å². The van der Waals surface area contributed by atoms with Gasteiger partial charge in [-0.1, -0.05) is 37.5 Å². The molecule has 0 radical (unpaired) electrons. The first-order valence-corrected chi connectivity index (χ1v) is 15.5. The Morgan fingerprint density at radius 2 is 1.88 bits per heavy atom. The zero-order valence-corrected chi connectivity index (χ0v) is 23.9. The van der Waals surface area contributed by atoms with E-state index >= 15 is 0 Å². The first-order valence-electron chi connectivity index (χ1n) is 14.6. The molecule has 6 rings (SSSR count). The number of fused-ring (bicyclic) bond motifs is 5. The number of esters is 1. The molecule has 214 valence electrons. The molecule has 40 heavy (non-hydrogen) atoms. The zero-order valence-electron chi connectivity index (χ0n) is 23.1. The SMILES string of the molecule is COC(=O)[C@@H]1C[C@@H]2CN1C(=O)[C@H](C1CCCC1)Nc1nc(cs1)CCCCCc1cccc3c1CN(C3)C(=O)O2. The smallest absolute Gasteiger partial charge is 0.410 e. The Kier molecular flexibility index (Phi) is 7.96. The highest BCUT2D eigenvalue weighted by Gasteiger charge is 2.46. The minimum Gasteiger partial charge on any atom is -0.467 e. The first-order chi connectivity index (χ1) is 19.5. The molecule has 4 aliphatic rings. The zero-order chi connectivity index (χ0) is 27.6. The van der Waals surface area contributed by atoms with E-state index in [9.17, 15) is 14.4 Å². The predicted molar refractivity (Wildman–Crippen MR) is 151 cm³/mol. The van der Waals surface area contributed by atoms with Crippen LogP contribution in [-0.2, 0) is 45.0 Å². The molecule has 0 unspecified atom stereocenters. The van der Waals surface area contributed by atoms with Gasteiger partial charge in [0.15, 0.2) is 5.13 Å². The molecular formula is C30H38N4O5S. The highest BCUT2D eigenvalue weighted by atomic mass is 32.1. The third-order valence-corrected chi connectivity index (χ3v) is 9.79. The number of aryl methyl sites for hydroxylation is 2. The van der Waals surface area contributed by atoms with E-state index in [0.717, 1.165) is 74.2 Å². The number of anilines is 1. The summed E-state index contributed by atoms with van der Waals surface area (Å²) in [6, 6.07) is 5.05. The monoisotopic (exact) mass is 566 g/mol. The topological polar surface area (TPSA) is 101 Å². The average molecular weight is 567 g/mol. The van der Waals surface area contributed by atoms with Crippen molar-refractivity contribution in [1.82, 2.24) is 14.8 Å². The van der Waals surface area contributed by atoms with E-state index in [0.29, 0.717) is 13.1 Å². The van der Waals surface area contributed by atoms with Crippen LogP contribution in [0.4, 0.5) is 9.93 Å². The van der Waals surface area contributed by atoms with Crippen molar-refractivity contribution in [3.63, 3.8) is 0 Å². The summed E-state index contributed by atoms with van der Waals surface area (Å²) in [4.78, 5) is 48.3. The Bertz CT molecular complexity index is 1260. The summed E-state index contributed by atoms with van der Waals surface area (Å²) < 4.78 is 11.0. The Morgan fingerprint density at radius 3 is 2.70 bits per heavy atom. The van der Waals surface area contributed by atoms with Crippen LogP contribution in [0.1, 0.15) is 73.8 Å². The molecule has 2 fully saturated rings. The molecule has 6 bridgehead atoms. The van der Waals surface area contributed by atoms with Crippen molar-refractivity contribution in [2.45, 2.75) is 95.5 Å². The first kappa shape index (κ1) is 27.1. The largest absolute Gasteiger partial charge is 0.467 e. The van der Waals surface area contributed by atoms with Gasteiger partial charge in [-0.25, -0.2) is 14.6 Å². The average Bonchev–Trinajstić information content (AvgIpc) is 3.76. The fourth-order valence-electron chi connectivity index (χ4n) is 6.83. The number of benzene rings is 1. The molecule has 4 heterocycles. The van der Waals surface area contributed by atoms with Crippen molar-refractivity contribution in [1.29, 1.82) is 0 Å². The number of nitrogens with zero attached hydrogens (tertiary/aromatic N) is 3. The van der Waals surface area contributed by atoms with Gasteiger partial charge in [-0.05, 0) is 61.1 Å².